The molecule has 168 valence electrons. The molecule has 0 heterocycles. The maximum absolute atomic E-state index is 5.93. The Morgan fingerprint density at radius 3 is 1.00 bits per heavy atom. The van der Waals surface area contributed by atoms with Crippen LogP contribution in [0.3, 0.4) is 0 Å². The molecular weight excluding hydrogens is 360 g/mol. The Morgan fingerprint density at radius 2 is 0.750 bits per heavy atom. The molecule has 0 saturated heterocycles. The molecule has 2 nitrogen and oxygen atoms in total. The summed E-state index contributed by atoms with van der Waals surface area (Å²) in [6, 6.07) is 0. The van der Waals surface area contributed by atoms with E-state index in [1.54, 1.807) is 0 Å². The van der Waals surface area contributed by atoms with Crippen LogP contribution >= 0.6 is 12.2 Å². The molecule has 0 atom stereocenters. The van der Waals surface area contributed by atoms with Gasteiger partial charge in [-0.05, 0) is 25.1 Å². The van der Waals surface area contributed by atoms with Gasteiger partial charge in [-0.1, -0.05) is 129 Å². The predicted molar refractivity (Wildman–Crippen MR) is 132 cm³/mol. The fourth-order valence-electron chi connectivity index (χ4n) is 3.91. The SMILES string of the molecule is CCCCCCCCCCCCN(CCCCCCCCCCCC)C(N)=S. The number of unbranched alkanes of at least 4 members (excludes halogenated alkanes) is 18. The summed E-state index contributed by atoms with van der Waals surface area (Å²) in [6.07, 6.45) is 27.6. The van der Waals surface area contributed by atoms with Gasteiger partial charge in [-0.25, -0.2) is 0 Å². The zero-order valence-electron chi connectivity index (χ0n) is 19.5. The van der Waals surface area contributed by atoms with Gasteiger partial charge in [-0.15, -0.1) is 0 Å². The van der Waals surface area contributed by atoms with Crippen LogP contribution in [-0.4, -0.2) is 23.1 Å². The second kappa shape index (κ2) is 23.0. The lowest BCUT2D eigenvalue weighted by molar-refractivity contribution is 0.386. The Bertz CT molecular complexity index is 296. The van der Waals surface area contributed by atoms with E-state index < -0.39 is 0 Å². The lowest BCUT2D eigenvalue weighted by Crippen LogP contribution is -2.37. The van der Waals surface area contributed by atoms with E-state index in [4.69, 9.17) is 18.0 Å². The van der Waals surface area contributed by atoms with Gasteiger partial charge in [0, 0.05) is 13.1 Å². The van der Waals surface area contributed by atoms with E-state index in [1.165, 1.54) is 128 Å². The number of thiocarbonyl (C=S) groups is 1. The van der Waals surface area contributed by atoms with Gasteiger partial charge >= 0.3 is 0 Å². The van der Waals surface area contributed by atoms with Gasteiger partial charge in [0.1, 0.15) is 0 Å². The third-order valence-electron chi connectivity index (χ3n) is 5.87. The average Bonchev–Trinajstić information content (AvgIpc) is 2.68. The van der Waals surface area contributed by atoms with Crippen LogP contribution in [0.2, 0.25) is 0 Å². The summed E-state index contributed by atoms with van der Waals surface area (Å²) >= 11 is 5.26. The second-order valence-electron chi connectivity index (χ2n) is 8.69. The van der Waals surface area contributed by atoms with E-state index >= 15 is 0 Å². The molecule has 0 radical (unpaired) electrons. The summed E-state index contributed by atoms with van der Waals surface area (Å²) in [5.41, 5.74) is 5.93. The van der Waals surface area contributed by atoms with Crippen molar-refractivity contribution in [1.82, 2.24) is 4.90 Å². The lowest BCUT2D eigenvalue weighted by atomic mass is 10.1. The number of rotatable bonds is 22. The van der Waals surface area contributed by atoms with Gasteiger partial charge in [-0.3, -0.25) is 0 Å². The van der Waals surface area contributed by atoms with Crippen LogP contribution in [-0.2, 0) is 0 Å². The Morgan fingerprint density at radius 1 is 0.500 bits per heavy atom. The van der Waals surface area contributed by atoms with E-state index in [0.717, 1.165) is 13.1 Å². The third-order valence-corrected chi connectivity index (χ3v) is 6.13. The Hall–Kier alpha value is -0.310. The first-order valence-corrected chi connectivity index (χ1v) is 13.2. The van der Waals surface area contributed by atoms with Crippen molar-refractivity contribution in [3.05, 3.63) is 0 Å². The summed E-state index contributed by atoms with van der Waals surface area (Å²) in [5.74, 6) is 0. The number of hydrogen-bond donors (Lipinski definition) is 1. The molecule has 0 amide bonds. The first-order chi connectivity index (χ1) is 13.7. The smallest absolute Gasteiger partial charge is 0.166 e. The number of hydrogen-bond acceptors (Lipinski definition) is 1. The van der Waals surface area contributed by atoms with Crippen molar-refractivity contribution in [2.24, 2.45) is 5.73 Å². The van der Waals surface area contributed by atoms with Gasteiger partial charge in [0.15, 0.2) is 5.11 Å². The lowest BCUT2D eigenvalue weighted by Gasteiger charge is -2.22. The minimum Gasteiger partial charge on any atom is -0.376 e. The molecule has 2 N–H and O–H groups in total. The van der Waals surface area contributed by atoms with Gasteiger partial charge in [0.05, 0.1) is 0 Å². The molecule has 0 aliphatic carbocycles. The van der Waals surface area contributed by atoms with Gasteiger partial charge in [0.25, 0.3) is 0 Å². The number of nitrogens with zero attached hydrogens (tertiary/aromatic N) is 1. The Labute approximate surface area is 183 Å². The highest BCUT2D eigenvalue weighted by Crippen LogP contribution is 2.12. The monoisotopic (exact) mass is 412 g/mol. The molecule has 0 spiro atoms. The van der Waals surface area contributed by atoms with Crippen LogP contribution < -0.4 is 5.73 Å². The Kier molecular flexibility index (Phi) is 22.7. The van der Waals surface area contributed by atoms with Gasteiger partial charge in [-0.2, -0.15) is 0 Å². The fourth-order valence-corrected chi connectivity index (χ4v) is 4.09. The highest BCUT2D eigenvalue weighted by atomic mass is 32.1. The van der Waals surface area contributed by atoms with Crippen molar-refractivity contribution in [3.8, 4) is 0 Å². The van der Waals surface area contributed by atoms with E-state index in [0.29, 0.717) is 5.11 Å². The first kappa shape index (κ1) is 27.7. The van der Waals surface area contributed by atoms with Crippen molar-refractivity contribution in [3.63, 3.8) is 0 Å². The molecule has 0 aromatic heterocycles. The molecule has 0 aliphatic heterocycles. The topological polar surface area (TPSA) is 29.3 Å². The van der Waals surface area contributed by atoms with Gasteiger partial charge in [0.2, 0.25) is 0 Å². The van der Waals surface area contributed by atoms with E-state index in [2.05, 4.69) is 18.7 Å². The molecule has 0 aromatic rings. The van der Waals surface area contributed by atoms with Crippen molar-refractivity contribution in [1.29, 1.82) is 0 Å². The molecule has 0 aliphatic rings. The highest BCUT2D eigenvalue weighted by molar-refractivity contribution is 7.80. The van der Waals surface area contributed by atoms with Crippen LogP contribution in [0.15, 0.2) is 0 Å². The average molecular weight is 413 g/mol. The highest BCUT2D eigenvalue weighted by Gasteiger charge is 2.05. The molecule has 0 aromatic carbocycles. The Balaban J connectivity index is 3.45. The molecule has 0 unspecified atom stereocenters. The van der Waals surface area contributed by atoms with Crippen LogP contribution in [0, 0.1) is 0 Å². The van der Waals surface area contributed by atoms with Crippen molar-refractivity contribution in [2.45, 2.75) is 142 Å². The molecule has 28 heavy (non-hydrogen) atoms. The minimum absolute atomic E-state index is 0.604. The van der Waals surface area contributed by atoms with Crippen LogP contribution in [0.4, 0.5) is 0 Å². The van der Waals surface area contributed by atoms with Crippen LogP contribution in [0.25, 0.3) is 0 Å². The first-order valence-electron chi connectivity index (χ1n) is 12.8. The van der Waals surface area contributed by atoms with E-state index in [-0.39, 0.29) is 0 Å². The summed E-state index contributed by atoms with van der Waals surface area (Å²) in [4.78, 5) is 2.24. The zero-order valence-corrected chi connectivity index (χ0v) is 20.3. The summed E-state index contributed by atoms with van der Waals surface area (Å²) < 4.78 is 0. The quantitative estimate of drug-likeness (QED) is 0.143. The third kappa shape index (κ3) is 20.4. The molecule has 0 fully saturated rings. The van der Waals surface area contributed by atoms with Crippen molar-refractivity contribution >= 4 is 17.3 Å². The molecule has 3 heteroatoms. The molecular formula is C25H52N2S. The zero-order chi connectivity index (χ0) is 20.7. The minimum atomic E-state index is 0.604. The second-order valence-corrected chi connectivity index (χ2v) is 9.11. The van der Waals surface area contributed by atoms with Crippen LogP contribution in [0.1, 0.15) is 142 Å². The molecule has 0 bridgehead atoms. The normalized spacial score (nSPS) is 11.1. The van der Waals surface area contributed by atoms with Crippen molar-refractivity contribution in [2.75, 3.05) is 13.1 Å². The fraction of sp³-hybridized carbons (Fsp3) is 0.960. The standard InChI is InChI=1S/C25H52N2S/c1-3-5-7-9-11-13-15-17-19-21-23-27(25(26)28)24-22-20-18-16-14-12-10-8-6-4-2/h3-24H2,1-2H3,(H2,26,28). The summed E-state index contributed by atoms with van der Waals surface area (Å²) in [6.45, 7) is 6.69. The predicted octanol–water partition coefficient (Wildman–Crippen LogP) is 8.37. The maximum Gasteiger partial charge on any atom is 0.166 e. The van der Waals surface area contributed by atoms with E-state index in [1.807, 2.05) is 0 Å². The molecule has 0 saturated carbocycles. The number of nitrogens with two attached hydrogens (primary N) is 1. The van der Waals surface area contributed by atoms with Crippen molar-refractivity contribution < 1.29 is 0 Å². The van der Waals surface area contributed by atoms with E-state index in [9.17, 15) is 0 Å². The summed E-state index contributed by atoms with van der Waals surface area (Å²) in [5, 5.41) is 0.604. The summed E-state index contributed by atoms with van der Waals surface area (Å²) in [7, 11) is 0. The van der Waals surface area contributed by atoms with Gasteiger partial charge < -0.3 is 10.6 Å². The molecule has 0 rings (SSSR count). The van der Waals surface area contributed by atoms with Crippen LogP contribution in [0.5, 0.6) is 0 Å². The largest absolute Gasteiger partial charge is 0.376 e. The maximum atomic E-state index is 5.93.